The van der Waals surface area contributed by atoms with E-state index in [4.69, 9.17) is 14.2 Å². The molecular weight excluding hydrogens is 416 g/mol. The van der Waals surface area contributed by atoms with Crippen molar-refractivity contribution in [3.8, 4) is 11.5 Å². The fraction of sp³-hybridized carbons (Fsp3) is 0.417. The van der Waals surface area contributed by atoms with Gasteiger partial charge in [-0.2, -0.15) is 0 Å². The number of anilines is 1. The summed E-state index contributed by atoms with van der Waals surface area (Å²) in [5.74, 6) is 2.37. The smallest absolute Gasteiger partial charge is 0.264 e. The molecule has 170 valence electrons. The average molecular weight is 443 g/mol. The molecule has 1 aromatic heterocycles. The predicted molar refractivity (Wildman–Crippen MR) is 119 cm³/mol. The third kappa shape index (κ3) is 4.46. The van der Waals surface area contributed by atoms with Gasteiger partial charge in [0.2, 0.25) is 0 Å². The van der Waals surface area contributed by atoms with E-state index in [-0.39, 0.29) is 17.7 Å². The van der Waals surface area contributed by atoms with Crippen molar-refractivity contribution in [1.82, 2.24) is 9.97 Å². The average Bonchev–Trinajstić information content (AvgIpc) is 3.26. The van der Waals surface area contributed by atoms with Crippen LogP contribution in [-0.4, -0.2) is 36.4 Å². The fourth-order valence-corrected chi connectivity index (χ4v) is 4.06. The summed E-state index contributed by atoms with van der Waals surface area (Å²) in [5, 5.41) is 4.15. The summed E-state index contributed by atoms with van der Waals surface area (Å²) < 4.78 is 43.8. The first-order valence-corrected chi connectivity index (χ1v) is 10.6. The monoisotopic (exact) mass is 443 g/mol. The molecule has 0 spiro atoms. The molecule has 2 heterocycles. The lowest BCUT2D eigenvalue weighted by atomic mass is 9.97. The molecule has 0 amide bonds. The van der Waals surface area contributed by atoms with Gasteiger partial charge in [0.05, 0.1) is 31.9 Å². The number of hydrogen-bond donors (Lipinski definition) is 1. The third-order valence-electron chi connectivity index (χ3n) is 5.75. The highest BCUT2D eigenvalue weighted by Gasteiger charge is 2.22. The van der Waals surface area contributed by atoms with E-state index in [2.05, 4.69) is 15.3 Å². The van der Waals surface area contributed by atoms with E-state index in [0.29, 0.717) is 47.4 Å². The molecule has 1 saturated heterocycles. The van der Waals surface area contributed by atoms with E-state index in [1.54, 1.807) is 20.1 Å². The number of ether oxygens (including phenoxy) is 3. The highest BCUT2D eigenvalue weighted by Crippen LogP contribution is 2.37. The van der Waals surface area contributed by atoms with Gasteiger partial charge in [0, 0.05) is 23.4 Å². The molecule has 0 saturated carbocycles. The second kappa shape index (κ2) is 9.24. The van der Waals surface area contributed by atoms with E-state index >= 15 is 0 Å². The first kappa shape index (κ1) is 22.2. The van der Waals surface area contributed by atoms with E-state index in [1.807, 2.05) is 32.0 Å². The Bertz CT molecular complexity index is 1120. The highest BCUT2D eigenvalue weighted by atomic mass is 19.3. The maximum Gasteiger partial charge on any atom is 0.264 e. The molecule has 0 bridgehead atoms. The minimum Gasteiger partial charge on any atom is -0.493 e. The third-order valence-corrected chi connectivity index (χ3v) is 5.75. The topological polar surface area (TPSA) is 65.5 Å². The number of nitrogens with one attached hydrogen (secondary N) is 1. The number of methoxy groups -OCH3 is 1. The van der Waals surface area contributed by atoms with Crippen molar-refractivity contribution in [3.63, 3.8) is 0 Å². The van der Waals surface area contributed by atoms with Crippen LogP contribution in [0.25, 0.3) is 10.9 Å². The Morgan fingerprint density at radius 3 is 2.59 bits per heavy atom. The lowest BCUT2D eigenvalue weighted by Crippen LogP contribution is -2.16. The number of nitrogens with zero attached hydrogens (tertiary/aromatic N) is 2. The zero-order valence-electron chi connectivity index (χ0n) is 18.6. The zero-order chi connectivity index (χ0) is 22.8. The van der Waals surface area contributed by atoms with Crippen LogP contribution in [0.2, 0.25) is 0 Å². The van der Waals surface area contributed by atoms with Crippen molar-refractivity contribution in [1.29, 1.82) is 0 Å². The maximum atomic E-state index is 13.4. The van der Waals surface area contributed by atoms with Crippen LogP contribution in [0.4, 0.5) is 14.6 Å². The molecule has 0 aliphatic carbocycles. The molecule has 1 aliphatic rings. The van der Waals surface area contributed by atoms with Crippen LogP contribution in [0, 0.1) is 13.8 Å². The number of fused-ring (bicyclic) bond motifs is 1. The van der Waals surface area contributed by atoms with Crippen LogP contribution >= 0.6 is 0 Å². The van der Waals surface area contributed by atoms with Gasteiger partial charge in [0.15, 0.2) is 11.5 Å². The fourth-order valence-electron chi connectivity index (χ4n) is 4.06. The largest absolute Gasteiger partial charge is 0.493 e. The molecule has 2 atom stereocenters. The summed E-state index contributed by atoms with van der Waals surface area (Å²) in [6, 6.07) is 8.42. The van der Waals surface area contributed by atoms with Crippen LogP contribution in [0.5, 0.6) is 11.5 Å². The van der Waals surface area contributed by atoms with Crippen molar-refractivity contribution in [2.45, 2.75) is 45.8 Å². The summed E-state index contributed by atoms with van der Waals surface area (Å²) in [7, 11) is 1.59. The molecule has 0 radical (unpaired) electrons. The predicted octanol–water partition coefficient (Wildman–Crippen LogP) is 5.53. The maximum absolute atomic E-state index is 13.4. The minimum atomic E-state index is -2.52. The van der Waals surface area contributed by atoms with E-state index in [0.717, 1.165) is 17.4 Å². The molecule has 1 aliphatic heterocycles. The van der Waals surface area contributed by atoms with Gasteiger partial charge in [-0.05, 0) is 38.0 Å². The Kier molecular flexibility index (Phi) is 6.41. The Morgan fingerprint density at radius 2 is 1.91 bits per heavy atom. The van der Waals surface area contributed by atoms with Crippen molar-refractivity contribution >= 4 is 16.7 Å². The molecule has 3 aromatic rings. The summed E-state index contributed by atoms with van der Waals surface area (Å²) in [5.41, 5.74) is 2.11. The molecule has 0 unspecified atom stereocenters. The Balaban J connectivity index is 1.72. The molecule has 6 nitrogen and oxygen atoms in total. The molecular formula is C24H27F2N3O3. The number of aromatic nitrogens is 2. The standard InChI is InChI=1S/C24H27F2N3O3/c1-13-17(6-5-7-18(13)23(25)26)14(2)27-24-19-10-22(32-16-8-9-31-12-16)21(30-4)11-20(19)28-15(3)29-24/h5-7,10-11,14,16,23H,8-9,12H2,1-4H3,(H,27,28,29)/t14-,16+/m1/s1. The normalized spacial score (nSPS) is 17.0. The number of benzene rings is 2. The van der Waals surface area contributed by atoms with Gasteiger partial charge in [-0.25, -0.2) is 18.7 Å². The second-order valence-corrected chi connectivity index (χ2v) is 7.97. The number of alkyl halides is 2. The van der Waals surface area contributed by atoms with Gasteiger partial charge >= 0.3 is 0 Å². The van der Waals surface area contributed by atoms with Crippen molar-refractivity contribution in [2.24, 2.45) is 0 Å². The van der Waals surface area contributed by atoms with Crippen LogP contribution in [-0.2, 0) is 4.74 Å². The van der Waals surface area contributed by atoms with E-state index in [1.165, 1.54) is 6.07 Å². The quantitative estimate of drug-likeness (QED) is 0.518. The first-order chi connectivity index (χ1) is 15.4. The van der Waals surface area contributed by atoms with Crippen LogP contribution in [0.3, 0.4) is 0 Å². The Hall–Kier alpha value is -3.00. The molecule has 32 heavy (non-hydrogen) atoms. The van der Waals surface area contributed by atoms with Crippen molar-refractivity contribution in [2.75, 3.05) is 25.6 Å². The SMILES string of the molecule is COc1cc2nc(C)nc(N[C@H](C)c3cccc(C(F)F)c3C)c2cc1O[C@H]1CCOC1. The van der Waals surface area contributed by atoms with Crippen LogP contribution in [0.15, 0.2) is 30.3 Å². The van der Waals surface area contributed by atoms with Gasteiger partial charge in [-0.15, -0.1) is 0 Å². The molecule has 1 N–H and O–H groups in total. The molecule has 2 aromatic carbocycles. The van der Waals surface area contributed by atoms with Crippen LogP contribution in [0.1, 0.15) is 48.3 Å². The van der Waals surface area contributed by atoms with E-state index in [9.17, 15) is 8.78 Å². The van der Waals surface area contributed by atoms with Gasteiger partial charge < -0.3 is 19.5 Å². The van der Waals surface area contributed by atoms with E-state index < -0.39 is 6.43 Å². The summed E-state index contributed by atoms with van der Waals surface area (Å²) in [6.07, 6.45) is -1.74. The van der Waals surface area contributed by atoms with Crippen molar-refractivity contribution in [3.05, 3.63) is 52.8 Å². The highest BCUT2D eigenvalue weighted by molar-refractivity contribution is 5.92. The zero-order valence-corrected chi connectivity index (χ0v) is 18.6. The van der Waals surface area contributed by atoms with Crippen LogP contribution < -0.4 is 14.8 Å². The molecule has 1 fully saturated rings. The number of aryl methyl sites for hydroxylation is 1. The van der Waals surface area contributed by atoms with Gasteiger partial charge in [0.25, 0.3) is 6.43 Å². The summed E-state index contributed by atoms with van der Waals surface area (Å²) in [6.45, 7) is 6.67. The molecule has 8 heteroatoms. The van der Waals surface area contributed by atoms with Gasteiger partial charge in [-0.3, -0.25) is 0 Å². The Morgan fingerprint density at radius 1 is 1.12 bits per heavy atom. The lowest BCUT2D eigenvalue weighted by Gasteiger charge is -2.21. The summed E-state index contributed by atoms with van der Waals surface area (Å²) in [4.78, 5) is 9.13. The van der Waals surface area contributed by atoms with Gasteiger partial charge in [0.1, 0.15) is 17.7 Å². The first-order valence-electron chi connectivity index (χ1n) is 10.6. The molecule has 4 rings (SSSR count). The number of hydrogen-bond acceptors (Lipinski definition) is 6. The summed E-state index contributed by atoms with van der Waals surface area (Å²) >= 11 is 0. The Labute approximate surface area is 185 Å². The lowest BCUT2D eigenvalue weighted by molar-refractivity contribution is 0.139. The number of rotatable bonds is 7. The van der Waals surface area contributed by atoms with Gasteiger partial charge in [-0.1, -0.05) is 18.2 Å². The minimum absolute atomic E-state index is 0.0391. The second-order valence-electron chi connectivity index (χ2n) is 7.97. The van der Waals surface area contributed by atoms with Crippen molar-refractivity contribution < 1.29 is 23.0 Å². The number of halogens is 2.